The Kier molecular flexibility index (Phi) is 6.72. The summed E-state index contributed by atoms with van der Waals surface area (Å²) in [4.78, 5) is 42.0. The van der Waals surface area contributed by atoms with Crippen LogP contribution in [0.3, 0.4) is 0 Å². The summed E-state index contributed by atoms with van der Waals surface area (Å²) < 4.78 is 19.8. The molecule has 0 unspecified atom stereocenters. The number of fused-ring (bicyclic) bond motifs is 4. The van der Waals surface area contributed by atoms with E-state index in [2.05, 4.69) is 46.8 Å². The lowest BCUT2D eigenvalue weighted by Crippen LogP contribution is -2.52. The number of carbonyl (C=O) groups excluding carboxylic acids is 3. The number of hydrogen-bond acceptors (Lipinski definition) is 6. The topological polar surface area (TPSA) is 78.9 Å². The van der Waals surface area contributed by atoms with Crippen LogP contribution in [0.15, 0.2) is 23.5 Å². The van der Waals surface area contributed by atoms with Crippen LogP contribution < -0.4 is 14.2 Å². The molecule has 0 amide bonds. The van der Waals surface area contributed by atoms with Crippen LogP contribution in [0.1, 0.15) is 116 Å². The van der Waals surface area contributed by atoms with Crippen LogP contribution >= 0.6 is 0 Å². The minimum Gasteiger partial charge on any atom is -0.496 e. The van der Waals surface area contributed by atoms with Crippen LogP contribution in [0, 0.1) is 34.5 Å². The van der Waals surface area contributed by atoms with E-state index in [1.807, 2.05) is 27.7 Å². The molecule has 0 bridgehead atoms. The van der Waals surface area contributed by atoms with Gasteiger partial charge in [0.15, 0.2) is 17.3 Å². The second-order valence-electron chi connectivity index (χ2n) is 14.7. The molecule has 4 atom stereocenters. The van der Waals surface area contributed by atoms with Gasteiger partial charge in [0.2, 0.25) is 0 Å². The highest BCUT2D eigenvalue weighted by atomic mass is 16.5. The quantitative estimate of drug-likeness (QED) is 0.209. The van der Waals surface area contributed by atoms with Gasteiger partial charge in [0.05, 0.1) is 17.9 Å². The molecular formula is C35H46O6. The molecule has 0 fully saturated rings. The van der Waals surface area contributed by atoms with Crippen molar-refractivity contribution in [2.75, 3.05) is 7.11 Å². The van der Waals surface area contributed by atoms with E-state index in [1.165, 1.54) is 0 Å². The van der Waals surface area contributed by atoms with Crippen molar-refractivity contribution in [3.05, 3.63) is 40.2 Å². The Morgan fingerprint density at radius 2 is 1.56 bits per heavy atom. The summed E-state index contributed by atoms with van der Waals surface area (Å²) in [6.07, 6.45) is 5.24. The van der Waals surface area contributed by atoms with Gasteiger partial charge in [-0.2, -0.15) is 0 Å². The molecule has 2 heterocycles. The molecule has 0 saturated heterocycles. The van der Waals surface area contributed by atoms with E-state index >= 15 is 0 Å². The molecular weight excluding hydrogens is 516 g/mol. The monoisotopic (exact) mass is 562 g/mol. The second kappa shape index (κ2) is 9.31. The molecule has 0 N–H and O–H groups in total. The number of ether oxygens (including phenoxy) is 3. The number of allylic oxidation sites excluding steroid dienone is 3. The SMILES string of the molecule is COc1c2c(c(C(=O)C(C)C)c3c1[C@@H](C(C)C)C1=C(O3)C(C)(C)C(=O)C(C)(C)C1=O)O[C@]1(C)C=C[C@@H](C(C)C)C[C@H]21. The Balaban J connectivity index is 1.90. The van der Waals surface area contributed by atoms with Crippen LogP contribution in [0.4, 0.5) is 0 Å². The van der Waals surface area contributed by atoms with Gasteiger partial charge >= 0.3 is 0 Å². The van der Waals surface area contributed by atoms with E-state index in [1.54, 1.807) is 21.0 Å². The van der Waals surface area contributed by atoms with Crippen molar-refractivity contribution in [3.63, 3.8) is 0 Å². The molecule has 0 aromatic heterocycles. The lowest BCUT2D eigenvalue weighted by atomic mass is 9.59. The first-order valence-electron chi connectivity index (χ1n) is 15.1. The number of methoxy groups -OCH3 is 1. The van der Waals surface area contributed by atoms with Gasteiger partial charge in [-0.25, -0.2) is 0 Å². The highest BCUT2D eigenvalue weighted by Gasteiger charge is 2.59. The average molecular weight is 563 g/mol. The van der Waals surface area contributed by atoms with Crippen LogP contribution in [-0.4, -0.2) is 30.1 Å². The van der Waals surface area contributed by atoms with Crippen molar-refractivity contribution in [2.24, 2.45) is 34.5 Å². The first-order valence-corrected chi connectivity index (χ1v) is 15.1. The van der Waals surface area contributed by atoms with Crippen LogP contribution in [0.2, 0.25) is 0 Å². The predicted octanol–water partition coefficient (Wildman–Crippen LogP) is 7.59. The number of hydrogen-bond donors (Lipinski definition) is 0. The van der Waals surface area contributed by atoms with Gasteiger partial charge in [-0.15, -0.1) is 0 Å². The van der Waals surface area contributed by atoms with Crippen LogP contribution in [0.5, 0.6) is 17.2 Å². The van der Waals surface area contributed by atoms with E-state index in [0.29, 0.717) is 46.0 Å². The highest BCUT2D eigenvalue weighted by molar-refractivity contribution is 6.20. The van der Waals surface area contributed by atoms with Crippen molar-refractivity contribution < 1.29 is 28.6 Å². The average Bonchev–Trinajstić information content (AvgIpc) is 3.19. The molecule has 5 rings (SSSR count). The summed E-state index contributed by atoms with van der Waals surface area (Å²) in [5, 5.41) is 0. The van der Waals surface area contributed by atoms with Gasteiger partial charge in [0, 0.05) is 34.5 Å². The molecule has 4 aliphatic rings. The summed E-state index contributed by atoms with van der Waals surface area (Å²) in [7, 11) is 1.65. The van der Waals surface area contributed by atoms with Crippen molar-refractivity contribution in [2.45, 2.75) is 100 Å². The number of carbonyl (C=O) groups is 3. The van der Waals surface area contributed by atoms with Gasteiger partial charge in [-0.3, -0.25) is 14.4 Å². The summed E-state index contributed by atoms with van der Waals surface area (Å²) >= 11 is 0. The van der Waals surface area contributed by atoms with Crippen LogP contribution in [-0.2, 0) is 9.59 Å². The molecule has 1 aromatic carbocycles. The van der Waals surface area contributed by atoms with E-state index in [9.17, 15) is 14.4 Å². The largest absolute Gasteiger partial charge is 0.496 e. The molecule has 2 aliphatic heterocycles. The number of ketones is 3. The Hall–Kier alpha value is -2.89. The molecule has 1 aromatic rings. The molecule has 222 valence electrons. The highest BCUT2D eigenvalue weighted by Crippen LogP contribution is 2.64. The third-order valence-electron chi connectivity index (χ3n) is 10.1. The van der Waals surface area contributed by atoms with Gasteiger partial charge in [-0.1, -0.05) is 47.6 Å². The van der Waals surface area contributed by atoms with Crippen LogP contribution in [0.25, 0.3) is 0 Å². The van der Waals surface area contributed by atoms with E-state index in [-0.39, 0.29) is 35.1 Å². The van der Waals surface area contributed by atoms with Gasteiger partial charge in [0.1, 0.15) is 34.2 Å². The molecule has 0 saturated carbocycles. The van der Waals surface area contributed by atoms with E-state index in [4.69, 9.17) is 14.2 Å². The predicted molar refractivity (Wildman–Crippen MR) is 159 cm³/mol. The number of Topliss-reactive ketones (excluding diaryl/α,β-unsaturated/α-hetero) is 3. The minimum absolute atomic E-state index is 0.0337. The molecule has 0 spiro atoms. The lowest BCUT2D eigenvalue weighted by Gasteiger charge is -2.46. The molecule has 6 heteroatoms. The van der Waals surface area contributed by atoms with Crippen molar-refractivity contribution in [1.82, 2.24) is 0 Å². The summed E-state index contributed by atoms with van der Waals surface area (Å²) in [6.45, 7) is 21.5. The Labute approximate surface area is 244 Å². The minimum atomic E-state index is -1.20. The lowest BCUT2D eigenvalue weighted by molar-refractivity contribution is -0.144. The molecule has 41 heavy (non-hydrogen) atoms. The maximum Gasteiger partial charge on any atom is 0.175 e. The smallest absolute Gasteiger partial charge is 0.175 e. The zero-order chi connectivity index (χ0) is 30.6. The maximum absolute atomic E-state index is 14.2. The van der Waals surface area contributed by atoms with Gasteiger partial charge < -0.3 is 14.2 Å². The van der Waals surface area contributed by atoms with Gasteiger partial charge in [0.25, 0.3) is 0 Å². The molecule has 0 radical (unpaired) electrons. The normalized spacial score (nSPS) is 29.2. The van der Waals surface area contributed by atoms with Gasteiger partial charge in [-0.05, 0) is 64.9 Å². The van der Waals surface area contributed by atoms with Crippen molar-refractivity contribution in [3.8, 4) is 17.2 Å². The van der Waals surface area contributed by atoms with Crippen molar-refractivity contribution >= 4 is 17.3 Å². The summed E-state index contributed by atoms with van der Waals surface area (Å²) in [6, 6.07) is 0. The first kappa shape index (κ1) is 29.6. The Morgan fingerprint density at radius 1 is 0.927 bits per heavy atom. The fourth-order valence-corrected chi connectivity index (χ4v) is 7.65. The summed E-state index contributed by atoms with van der Waals surface area (Å²) in [5.74, 6) is 1.34. The number of rotatable bonds is 5. The fraction of sp³-hybridized carbons (Fsp3) is 0.629. The Bertz CT molecular complexity index is 1420. The van der Waals surface area contributed by atoms with Crippen molar-refractivity contribution in [1.29, 1.82) is 0 Å². The first-order chi connectivity index (χ1) is 18.9. The standard InChI is InChI=1S/C35H46O6/c1-16(2)19-13-14-35(11)20(15-19)22-27(39-12)23-21(17(3)4)24-30(37)33(7,8)32(38)34(9,10)31(24)40-28(23)25(29(22)41-35)26(36)18(5)6/h13-14,16-21H,15H2,1-12H3/t19-,20-,21-,35-/m1/s1. The summed E-state index contributed by atoms with van der Waals surface area (Å²) in [5.41, 5.74) is -0.370. The number of benzene rings is 1. The molecule has 6 nitrogen and oxygen atoms in total. The second-order valence-corrected chi connectivity index (χ2v) is 14.7. The zero-order valence-electron chi connectivity index (χ0n) is 26.8. The Morgan fingerprint density at radius 3 is 2.10 bits per heavy atom. The van der Waals surface area contributed by atoms with E-state index < -0.39 is 22.3 Å². The third-order valence-corrected chi connectivity index (χ3v) is 10.1. The van der Waals surface area contributed by atoms with E-state index in [0.717, 1.165) is 17.5 Å². The third kappa shape index (κ3) is 3.91. The molecule has 2 aliphatic carbocycles. The zero-order valence-corrected chi connectivity index (χ0v) is 26.8. The maximum atomic E-state index is 14.2. The fourth-order valence-electron chi connectivity index (χ4n) is 7.65.